The van der Waals surface area contributed by atoms with Gasteiger partial charge >= 0.3 is 0 Å². The van der Waals surface area contributed by atoms with E-state index in [1.165, 1.54) is 16.7 Å². The number of aryl methyl sites for hydroxylation is 1. The Morgan fingerprint density at radius 1 is 0.952 bits per heavy atom. The summed E-state index contributed by atoms with van der Waals surface area (Å²) in [7, 11) is 0. The maximum atomic E-state index is 10.6. The minimum atomic E-state index is -1.09. The van der Waals surface area contributed by atoms with Gasteiger partial charge in [-0.1, -0.05) is 60.7 Å². The van der Waals surface area contributed by atoms with Gasteiger partial charge in [0, 0.05) is 0 Å². The van der Waals surface area contributed by atoms with Crippen LogP contribution in [-0.2, 0) is 17.6 Å². The second-order valence-electron chi connectivity index (χ2n) is 5.19. The van der Waals surface area contributed by atoms with Gasteiger partial charge in [0.15, 0.2) is 0 Å². The average Bonchev–Trinajstić information content (AvgIpc) is 2.50. The van der Waals surface area contributed by atoms with Crippen LogP contribution < -0.4 is 5.11 Å². The lowest BCUT2D eigenvalue weighted by Gasteiger charge is -2.05. The van der Waals surface area contributed by atoms with Crippen LogP contribution in [0, 0.1) is 0 Å². The molecule has 0 aliphatic heterocycles. The van der Waals surface area contributed by atoms with Gasteiger partial charge < -0.3 is 9.90 Å². The Balaban J connectivity index is 1.90. The summed E-state index contributed by atoms with van der Waals surface area (Å²) in [6.45, 7) is 1.57. The maximum absolute atomic E-state index is 10.6. The summed E-state index contributed by atoms with van der Waals surface area (Å²) in [5.74, 6) is -1.09. The summed E-state index contributed by atoms with van der Waals surface area (Å²) in [6.07, 6.45) is 4.21. The quantitative estimate of drug-likeness (QED) is 0.763. The van der Waals surface area contributed by atoms with Gasteiger partial charge in [-0.2, -0.15) is 0 Å². The predicted octanol–water partition coefficient (Wildman–Crippen LogP) is 2.91. The molecule has 2 rings (SSSR count). The monoisotopic (exact) mass is 279 g/mol. The van der Waals surface area contributed by atoms with Crippen molar-refractivity contribution in [1.82, 2.24) is 0 Å². The number of carboxylic acid groups (broad SMARTS) is 1. The minimum Gasteiger partial charge on any atom is -0.545 e. The van der Waals surface area contributed by atoms with Gasteiger partial charge in [0.2, 0.25) is 0 Å². The van der Waals surface area contributed by atoms with Gasteiger partial charge in [0.05, 0.1) is 5.97 Å². The van der Waals surface area contributed by atoms with Crippen molar-refractivity contribution in [1.29, 1.82) is 0 Å². The molecule has 2 aromatic carbocycles. The molecule has 0 fully saturated rings. The van der Waals surface area contributed by atoms with Gasteiger partial charge in [-0.05, 0) is 48.4 Å². The van der Waals surface area contributed by atoms with Gasteiger partial charge in [0.1, 0.15) is 0 Å². The van der Waals surface area contributed by atoms with E-state index in [0.29, 0.717) is 5.57 Å². The first-order chi connectivity index (χ1) is 10.1. The molecule has 0 saturated heterocycles. The Hall–Kier alpha value is -2.35. The fourth-order valence-corrected chi connectivity index (χ4v) is 2.19. The molecule has 0 aromatic heterocycles. The first kappa shape index (κ1) is 15.0. The fourth-order valence-electron chi connectivity index (χ4n) is 2.19. The van der Waals surface area contributed by atoms with E-state index in [1.54, 1.807) is 13.0 Å². The third kappa shape index (κ3) is 4.92. The molecule has 0 atom stereocenters. The van der Waals surface area contributed by atoms with Gasteiger partial charge in [0.25, 0.3) is 0 Å². The van der Waals surface area contributed by atoms with Crippen LogP contribution in [0.1, 0.15) is 30.0 Å². The van der Waals surface area contributed by atoms with E-state index in [4.69, 9.17) is 0 Å². The summed E-state index contributed by atoms with van der Waals surface area (Å²) < 4.78 is 0. The van der Waals surface area contributed by atoms with E-state index in [2.05, 4.69) is 48.5 Å². The van der Waals surface area contributed by atoms with E-state index in [0.717, 1.165) is 19.3 Å². The van der Waals surface area contributed by atoms with Crippen LogP contribution in [0.2, 0.25) is 0 Å². The zero-order valence-corrected chi connectivity index (χ0v) is 12.2. The van der Waals surface area contributed by atoms with Crippen LogP contribution >= 0.6 is 0 Å². The highest BCUT2D eigenvalue weighted by molar-refractivity contribution is 5.83. The summed E-state index contributed by atoms with van der Waals surface area (Å²) in [4.78, 5) is 10.6. The van der Waals surface area contributed by atoms with Crippen molar-refractivity contribution in [3.8, 4) is 0 Å². The standard InChI is InChI=1S/C19H20O2/c1-15(19(20)21)6-5-9-16-10-12-18(13-11-16)14-17-7-3-2-4-8-17/h2-4,6-8,10-13H,5,9,14H2,1H3,(H,20,21)/p-1/b15-6+. The van der Waals surface area contributed by atoms with Gasteiger partial charge in [-0.15, -0.1) is 0 Å². The van der Waals surface area contributed by atoms with E-state index in [-0.39, 0.29) is 0 Å². The fraction of sp³-hybridized carbons (Fsp3) is 0.211. The number of carboxylic acids is 1. The van der Waals surface area contributed by atoms with Crippen molar-refractivity contribution in [2.24, 2.45) is 0 Å². The van der Waals surface area contributed by atoms with Crippen LogP contribution in [-0.4, -0.2) is 5.97 Å². The van der Waals surface area contributed by atoms with E-state index >= 15 is 0 Å². The topological polar surface area (TPSA) is 40.1 Å². The SMILES string of the molecule is C/C(=C\CCc1ccc(Cc2ccccc2)cc1)C(=O)[O-]. The van der Waals surface area contributed by atoms with Crippen molar-refractivity contribution in [2.45, 2.75) is 26.2 Å². The predicted molar refractivity (Wildman–Crippen MR) is 82.8 cm³/mol. The molecule has 0 bridgehead atoms. The zero-order valence-electron chi connectivity index (χ0n) is 12.2. The van der Waals surface area contributed by atoms with Crippen LogP contribution in [0.5, 0.6) is 0 Å². The maximum Gasteiger partial charge on any atom is 0.0668 e. The highest BCUT2D eigenvalue weighted by Crippen LogP contribution is 2.12. The molecule has 108 valence electrons. The number of benzene rings is 2. The lowest BCUT2D eigenvalue weighted by Crippen LogP contribution is -2.22. The van der Waals surface area contributed by atoms with Crippen molar-refractivity contribution in [2.75, 3.05) is 0 Å². The van der Waals surface area contributed by atoms with Crippen LogP contribution in [0.25, 0.3) is 0 Å². The Labute approximate surface area is 125 Å². The summed E-state index contributed by atoms with van der Waals surface area (Å²) >= 11 is 0. The third-order valence-electron chi connectivity index (χ3n) is 3.48. The zero-order chi connectivity index (χ0) is 15.1. The molecule has 0 heterocycles. The normalized spacial score (nSPS) is 11.4. The Bertz CT molecular complexity index is 610. The van der Waals surface area contributed by atoms with E-state index in [1.807, 2.05) is 6.07 Å². The number of allylic oxidation sites excluding steroid dienone is 1. The molecule has 2 heteroatoms. The second-order valence-corrected chi connectivity index (χ2v) is 5.19. The molecule has 2 aromatic rings. The first-order valence-electron chi connectivity index (χ1n) is 7.15. The molecule has 0 aliphatic carbocycles. The molecule has 0 amide bonds. The van der Waals surface area contributed by atoms with Crippen LogP contribution in [0.15, 0.2) is 66.2 Å². The van der Waals surface area contributed by atoms with Gasteiger partial charge in [-0.25, -0.2) is 0 Å². The number of aliphatic carboxylic acids is 1. The highest BCUT2D eigenvalue weighted by Gasteiger charge is 1.97. The van der Waals surface area contributed by atoms with Crippen LogP contribution in [0.3, 0.4) is 0 Å². The minimum absolute atomic E-state index is 0.302. The van der Waals surface area contributed by atoms with Gasteiger partial charge in [-0.3, -0.25) is 0 Å². The number of carbonyl (C=O) groups is 1. The number of hydrogen-bond donors (Lipinski definition) is 0. The molecule has 0 radical (unpaired) electrons. The van der Waals surface area contributed by atoms with Crippen molar-refractivity contribution < 1.29 is 9.90 Å². The molecular weight excluding hydrogens is 260 g/mol. The smallest absolute Gasteiger partial charge is 0.0668 e. The molecule has 2 nitrogen and oxygen atoms in total. The molecule has 0 aliphatic rings. The van der Waals surface area contributed by atoms with Crippen molar-refractivity contribution in [3.63, 3.8) is 0 Å². The highest BCUT2D eigenvalue weighted by atomic mass is 16.4. The molecule has 0 N–H and O–H groups in total. The molecule has 21 heavy (non-hydrogen) atoms. The molecule has 0 saturated carbocycles. The van der Waals surface area contributed by atoms with Crippen molar-refractivity contribution in [3.05, 3.63) is 82.9 Å². The number of carbonyl (C=O) groups excluding carboxylic acids is 1. The lowest BCUT2D eigenvalue weighted by atomic mass is 10.0. The lowest BCUT2D eigenvalue weighted by molar-refractivity contribution is -0.299. The Kier molecular flexibility index (Phi) is 5.33. The molecule has 0 spiro atoms. The van der Waals surface area contributed by atoms with Crippen molar-refractivity contribution >= 4 is 5.97 Å². The summed E-state index contributed by atoms with van der Waals surface area (Å²) in [5, 5.41) is 10.6. The average molecular weight is 279 g/mol. The third-order valence-corrected chi connectivity index (χ3v) is 3.48. The first-order valence-corrected chi connectivity index (χ1v) is 7.15. The largest absolute Gasteiger partial charge is 0.545 e. The Morgan fingerprint density at radius 3 is 2.14 bits per heavy atom. The molecular formula is C19H19O2-. The summed E-state index contributed by atoms with van der Waals surface area (Å²) in [5.41, 5.74) is 4.11. The molecule has 0 unspecified atom stereocenters. The number of rotatable bonds is 6. The van der Waals surface area contributed by atoms with E-state index in [9.17, 15) is 9.90 Å². The summed E-state index contributed by atoms with van der Waals surface area (Å²) in [6, 6.07) is 18.9. The second kappa shape index (κ2) is 7.44. The van der Waals surface area contributed by atoms with Crippen LogP contribution in [0.4, 0.5) is 0 Å². The number of hydrogen-bond acceptors (Lipinski definition) is 2. The Morgan fingerprint density at radius 2 is 1.52 bits per heavy atom. The van der Waals surface area contributed by atoms with E-state index < -0.39 is 5.97 Å².